The summed E-state index contributed by atoms with van der Waals surface area (Å²) >= 11 is 0. The molecule has 0 unspecified atom stereocenters. The fraction of sp³-hybridized carbons (Fsp3) is 0.0476. The first-order valence-electron chi connectivity index (χ1n) is 8.15. The molecule has 0 aliphatic carbocycles. The van der Waals surface area contributed by atoms with Crippen LogP contribution in [-0.4, -0.2) is 11.8 Å². The van der Waals surface area contributed by atoms with E-state index >= 15 is 0 Å². The number of anilines is 1. The van der Waals surface area contributed by atoms with Gasteiger partial charge in [-0.05, 0) is 42.0 Å². The molecular weight excluding hydrogens is 328 g/mol. The van der Waals surface area contributed by atoms with Crippen LogP contribution in [0.4, 0.5) is 5.69 Å². The second-order valence-electron chi connectivity index (χ2n) is 5.60. The van der Waals surface area contributed by atoms with Gasteiger partial charge in [-0.2, -0.15) is 0 Å². The maximum atomic E-state index is 12.1. The van der Waals surface area contributed by atoms with Gasteiger partial charge in [0.25, 0.3) is 11.8 Å². The molecule has 0 fully saturated rings. The molecule has 130 valence electrons. The number of hydroxylamine groups is 1. The van der Waals surface area contributed by atoms with Crippen LogP contribution in [0.5, 0.6) is 0 Å². The standard InChI is InChI=1S/C21H18N2O3/c24-20(17-9-5-2-6-10-17)22-19-13-11-18(12-14-19)21(25)23-26-15-16-7-3-1-4-8-16/h1-14H,15H2,(H,22,24)(H,23,25). The smallest absolute Gasteiger partial charge is 0.274 e. The third-order valence-electron chi connectivity index (χ3n) is 3.69. The number of benzene rings is 3. The first-order valence-corrected chi connectivity index (χ1v) is 8.15. The summed E-state index contributed by atoms with van der Waals surface area (Å²) in [5.74, 6) is -0.545. The van der Waals surface area contributed by atoms with E-state index in [2.05, 4.69) is 10.8 Å². The lowest BCUT2D eigenvalue weighted by atomic mass is 10.2. The van der Waals surface area contributed by atoms with Gasteiger partial charge in [0.1, 0.15) is 0 Å². The van der Waals surface area contributed by atoms with Gasteiger partial charge in [-0.25, -0.2) is 5.48 Å². The molecule has 3 rings (SSSR count). The largest absolute Gasteiger partial charge is 0.322 e. The molecule has 3 aromatic carbocycles. The van der Waals surface area contributed by atoms with E-state index in [9.17, 15) is 9.59 Å². The van der Waals surface area contributed by atoms with E-state index in [1.54, 1.807) is 48.5 Å². The summed E-state index contributed by atoms with van der Waals surface area (Å²) in [4.78, 5) is 29.4. The van der Waals surface area contributed by atoms with Crippen LogP contribution in [0.2, 0.25) is 0 Å². The zero-order valence-corrected chi connectivity index (χ0v) is 14.0. The summed E-state index contributed by atoms with van der Waals surface area (Å²) in [6, 6.07) is 25.1. The number of hydrogen-bond acceptors (Lipinski definition) is 3. The molecule has 0 radical (unpaired) electrons. The predicted octanol–water partition coefficient (Wildman–Crippen LogP) is 3.80. The van der Waals surface area contributed by atoms with Crippen molar-refractivity contribution in [1.82, 2.24) is 5.48 Å². The molecule has 2 amide bonds. The number of amides is 2. The van der Waals surface area contributed by atoms with Crippen molar-refractivity contribution in [2.75, 3.05) is 5.32 Å². The molecule has 0 saturated carbocycles. The lowest BCUT2D eigenvalue weighted by Gasteiger charge is -2.08. The average Bonchev–Trinajstić information content (AvgIpc) is 2.70. The molecule has 3 aromatic rings. The fourth-order valence-electron chi connectivity index (χ4n) is 2.32. The first kappa shape index (κ1) is 17.4. The highest BCUT2D eigenvalue weighted by Crippen LogP contribution is 2.11. The highest BCUT2D eigenvalue weighted by atomic mass is 16.6. The van der Waals surface area contributed by atoms with Crippen molar-refractivity contribution in [3.8, 4) is 0 Å². The molecule has 0 bridgehead atoms. The van der Waals surface area contributed by atoms with Crippen molar-refractivity contribution in [1.29, 1.82) is 0 Å². The van der Waals surface area contributed by atoms with Crippen LogP contribution in [0.25, 0.3) is 0 Å². The van der Waals surface area contributed by atoms with Gasteiger partial charge in [0, 0.05) is 16.8 Å². The topological polar surface area (TPSA) is 67.4 Å². The number of nitrogens with one attached hydrogen (secondary N) is 2. The Kier molecular flexibility index (Phi) is 5.75. The molecule has 0 aromatic heterocycles. The van der Waals surface area contributed by atoms with E-state index in [1.165, 1.54) is 0 Å². The highest BCUT2D eigenvalue weighted by molar-refractivity contribution is 6.04. The Hall–Kier alpha value is -3.44. The summed E-state index contributed by atoms with van der Waals surface area (Å²) in [6.45, 7) is 0.289. The Morgan fingerprint density at radius 3 is 1.92 bits per heavy atom. The molecule has 0 atom stereocenters. The molecule has 2 N–H and O–H groups in total. The lowest BCUT2D eigenvalue weighted by Crippen LogP contribution is -2.23. The Morgan fingerprint density at radius 1 is 0.692 bits per heavy atom. The molecule has 0 saturated heterocycles. The van der Waals surface area contributed by atoms with Crippen LogP contribution in [0.15, 0.2) is 84.9 Å². The van der Waals surface area contributed by atoms with Crippen LogP contribution in [0, 0.1) is 0 Å². The van der Waals surface area contributed by atoms with Crippen molar-refractivity contribution in [3.05, 3.63) is 102 Å². The average molecular weight is 346 g/mol. The molecule has 0 aliphatic rings. The van der Waals surface area contributed by atoms with E-state index in [1.807, 2.05) is 36.4 Å². The highest BCUT2D eigenvalue weighted by Gasteiger charge is 2.08. The minimum absolute atomic E-state index is 0.200. The zero-order chi connectivity index (χ0) is 18.2. The minimum atomic E-state index is -0.345. The van der Waals surface area contributed by atoms with Gasteiger partial charge in [0.05, 0.1) is 6.61 Å². The van der Waals surface area contributed by atoms with Gasteiger partial charge < -0.3 is 5.32 Å². The molecule has 5 nitrogen and oxygen atoms in total. The van der Waals surface area contributed by atoms with Gasteiger partial charge in [-0.1, -0.05) is 48.5 Å². The summed E-state index contributed by atoms with van der Waals surface area (Å²) in [7, 11) is 0. The fourth-order valence-corrected chi connectivity index (χ4v) is 2.32. The molecular formula is C21H18N2O3. The van der Waals surface area contributed by atoms with E-state index in [0.29, 0.717) is 16.8 Å². The van der Waals surface area contributed by atoms with Crippen molar-refractivity contribution in [3.63, 3.8) is 0 Å². The Bertz CT molecular complexity index is 863. The van der Waals surface area contributed by atoms with Crippen LogP contribution in [-0.2, 0) is 11.4 Å². The second kappa shape index (κ2) is 8.60. The molecule has 0 heterocycles. The summed E-state index contributed by atoms with van der Waals surface area (Å²) in [5.41, 5.74) is 5.00. The van der Waals surface area contributed by atoms with E-state index < -0.39 is 0 Å². The van der Waals surface area contributed by atoms with E-state index in [4.69, 9.17) is 4.84 Å². The third-order valence-corrected chi connectivity index (χ3v) is 3.69. The molecule has 0 spiro atoms. The van der Waals surface area contributed by atoms with Gasteiger partial charge in [-0.15, -0.1) is 0 Å². The Morgan fingerprint density at radius 2 is 1.27 bits per heavy atom. The maximum absolute atomic E-state index is 12.1. The molecule has 26 heavy (non-hydrogen) atoms. The Balaban J connectivity index is 1.52. The van der Waals surface area contributed by atoms with Crippen LogP contribution in [0.1, 0.15) is 26.3 Å². The number of hydrogen-bond donors (Lipinski definition) is 2. The normalized spacial score (nSPS) is 10.2. The van der Waals surface area contributed by atoms with Gasteiger partial charge in [0.2, 0.25) is 0 Å². The van der Waals surface area contributed by atoms with E-state index in [-0.39, 0.29) is 18.4 Å². The lowest BCUT2D eigenvalue weighted by molar-refractivity contribution is 0.0233. The third kappa shape index (κ3) is 4.78. The number of carbonyl (C=O) groups is 2. The van der Waals surface area contributed by atoms with Crippen molar-refractivity contribution in [2.45, 2.75) is 6.61 Å². The maximum Gasteiger partial charge on any atom is 0.274 e. The summed E-state index contributed by atoms with van der Waals surface area (Å²) in [6.07, 6.45) is 0. The van der Waals surface area contributed by atoms with Crippen molar-refractivity contribution in [2.24, 2.45) is 0 Å². The number of carbonyl (C=O) groups excluding carboxylic acids is 2. The SMILES string of the molecule is O=C(NOCc1ccccc1)c1ccc(NC(=O)c2ccccc2)cc1. The summed E-state index contributed by atoms with van der Waals surface area (Å²) < 4.78 is 0. The first-order chi connectivity index (χ1) is 12.7. The monoisotopic (exact) mass is 346 g/mol. The van der Waals surface area contributed by atoms with Gasteiger partial charge in [-0.3, -0.25) is 14.4 Å². The summed E-state index contributed by atoms with van der Waals surface area (Å²) in [5, 5.41) is 2.79. The Labute approximate surface area is 151 Å². The second-order valence-corrected chi connectivity index (χ2v) is 5.60. The van der Waals surface area contributed by atoms with Crippen LogP contribution >= 0.6 is 0 Å². The van der Waals surface area contributed by atoms with Crippen LogP contribution in [0.3, 0.4) is 0 Å². The van der Waals surface area contributed by atoms with E-state index in [0.717, 1.165) is 5.56 Å². The number of rotatable bonds is 6. The predicted molar refractivity (Wildman–Crippen MR) is 99.5 cm³/mol. The zero-order valence-electron chi connectivity index (χ0n) is 14.0. The van der Waals surface area contributed by atoms with Crippen molar-refractivity contribution >= 4 is 17.5 Å². The van der Waals surface area contributed by atoms with Gasteiger partial charge >= 0.3 is 0 Å². The molecule has 0 aliphatic heterocycles. The van der Waals surface area contributed by atoms with Crippen LogP contribution < -0.4 is 10.8 Å². The minimum Gasteiger partial charge on any atom is -0.322 e. The van der Waals surface area contributed by atoms with Crippen molar-refractivity contribution < 1.29 is 14.4 Å². The molecule has 5 heteroatoms. The quantitative estimate of drug-likeness (QED) is 0.667. The van der Waals surface area contributed by atoms with Gasteiger partial charge in [0.15, 0.2) is 0 Å².